The molecule has 2 amide bonds. The van der Waals surface area contributed by atoms with E-state index in [2.05, 4.69) is 18.5 Å². The normalized spacial score (nSPS) is 33.3. The largest absolute Gasteiger partial charge is 0.340 e. The van der Waals surface area contributed by atoms with Gasteiger partial charge in [-0.25, -0.2) is 0 Å². The van der Waals surface area contributed by atoms with Crippen LogP contribution in [0.15, 0.2) is 0 Å². The van der Waals surface area contributed by atoms with Crippen molar-refractivity contribution in [1.29, 1.82) is 0 Å². The zero-order valence-electron chi connectivity index (χ0n) is 12.2. The van der Waals surface area contributed by atoms with Crippen LogP contribution < -0.4 is 5.32 Å². The molecule has 0 aromatic carbocycles. The van der Waals surface area contributed by atoms with E-state index in [9.17, 15) is 9.59 Å². The Kier molecular flexibility index (Phi) is 4.14. The average Bonchev–Trinajstić information content (AvgIpc) is 3.17. The number of carbonyl (C=O) groups is 2. The van der Waals surface area contributed by atoms with Crippen molar-refractivity contribution in [3.63, 3.8) is 0 Å². The van der Waals surface area contributed by atoms with E-state index in [0.717, 1.165) is 18.6 Å². The van der Waals surface area contributed by atoms with Crippen molar-refractivity contribution in [3.8, 4) is 0 Å². The monoisotopic (exact) mass is 284 g/mol. The van der Waals surface area contributed by atoms with Gasteiger partial charge in [-0.3, -0.25) is 9.59 Å². The number of hydrogen-bond acceptors (Lipinski definition) is 3. The zero-order chi connectivity index (χ0) is 14.2. The lowest BCUT2D eigenvalue weighted by atomic mass is 9.89. The van der Waals surface area contributed by atoms with Crippen LogP contribution in [0.1, 0.15) is 33.6 Å². The highest BCUT2D eigenvalue weighted by molar-refractivity contribution is 7.98. The molecule has 3 atom stereocenters. The van der Waals surface area contributed by atoms with Gasteiger partial charge < -0.3 is 10.2 Å². The maximum Gasteiger partial charge on any atom is 0.249 e. The number of nitrogens with one attached hydrogen (secondary N) is 1. The summed E-state index contributed by atoms with van der Waals surface area (Å²) in [5.41, 5.74) is -0.664. The minimum Gasteiger partial charge on any atom is -0.340 e. The Labute approximate surface area is 119 Å². The SMILES string of the molecule is CSCC(C)CN1C(=O)C(C)(C2CC2)NC(=O)C1C. The third kappa shape index (κ3) is 2.76. The van der Waals surface area contributed by atoms with Crippen molar-refractivity contribution in [2.75, 3.05) is 18.6 Å². The Morgan fingerprint density at radius 1 is 1.47 bits per heavy atom. The summed E-state index contributed by atoms with van der Waals surface area (Å²) < 4.78 is 0. The number of nitrogens with zero attached hydrogens (tertiary/aromatic N) is 1. The van der Waals surface area contributed by atoms with E-state index in [4.69, 9.17) is 0 Å². The van der Waals surface area contributed by atoms with Crippen molar-refractivity contribution < 1.29 is 9.59 Å². The molecule has 1 aliphatic heterocycles. The average molecular weight is 284 g/mol. The second-order valence-electron chi connectivity index (χ2n) is 6.16. The number of rotatable bonds is 5. The Hall–Kier alpha value is -0.710. The van der Waals surface area contributed by atoms with Crippen molar-refractivity contribution in [2.45, 2.75) is 45.2 Å². The molecule has 2 rings (SSSR count). The molecule has 2 aliphatic rings. The predicted molar refractivity (Wildman–Crippen MR) is 78.0 cm³/mol. The molecule has 1 heterocycles. The second-order valence-corrected chi connectivity index (χ2v) is 7.07. The molecule has 0 aromatic rings. The molecule has 2 fully saturated rings. The first-order chi connectivity index (χ1) is 8.90. The molecule has 0 aromatic heterocycles. The van der Waals surface area contributed by atoms with Gasteiger partial charge in [-0.05, 0) is 50.5 Å². The first-order valence-electron chi connectivity index (χ1n) is 7.02. The number of carbonyl (C=O) groups excluding carboxylic acids is 2. The van der Waals surface area contributed by atoms with Crippen molar-refractivity contribution in [1.82, 2.24) is 10.2 Å². The van der Waals surface area contributed by atoms with Crippen molar-refractivity contribution >= 4 is 23.6 Å². The van der Waals surface area contributed by atoms with Gasteiger partial charge in [0.2, 0.25) is 11.8 Å². The van der Waals surface area contributed by atoms with E-state index in [-0.39, 0.29) is 17.9 Å². The van der Waals surface area contributed by atoms with Gasteiger partial charge in [0, 0.05) is 6.54 Å². The Bertz CT molecular complexity index is 384. The molecule has 3 unspecified atom stereocenters. The van der Waals surface area contributed by atoms with Crippen molar-refractivity contribution in [3.05, 3.63) is 0 Å². The zero-order valence-corrected chi connectivity index (χ0v) is 13.0. The van der Waals surface area contributed by atoms with E-state index in [1.807, 2.05) is 13.8 Å². The fourth-order valence-corrected chi connectivity index (χ4v) is 3.56. The van der Waals surface area contributed by atoms with Crippen LogP contribution in [-0.4, -0.2) is 46.8 Å². The molecule has 0 radical (unpaired) electrons. The quantitative estimate of drug-likeness (QED) is 0.832. The first kappa shape index (κ1) is 14.7. The first-order valence-corrected chi connectivity index (χ1v) is 8.41. The topological polar surface area (TPSA) is 49.4 Å². The van der Waals surface area contributed by atoms with Gasteiger partial charge in [0.1, 0.15) is 11.6 Å². The summed E-state index contributed by atoms with van der Waals surface area (Å²) >= 11 is 1.78. The lowest BCUT2D eigenvalue weighted by molar-refractivity contribution is -0.155. The molecule has 5 heteroatoms. The fourth-order valence-electron chi connectivity index (χ4n) is 2.88. The summed E-state index contributed by atoms with van der Waals surface area (Å²) in [7, 11) is 0. The lowest BCUT2D eigenvalue weighted by Gasteiger charge is -2.44. The fraction of sp³-hybridized carbons (Fsp3) is 0.857. The van der Waals surface area contributed by atoms with Gasteiger partial charge in [0.25, 0.3) is 0 Å². The number of piperazine rings is 1. The number of amides is 2. The minimum absolute atomic E-state index is 0.00893. The highest BCUT2D eigenvalue weighted by Gasteiger charge is 2.54. The summed E-state index contributed by atoms with van der Waals surface area (Å²) in [6.07, 6.45) is 4.16. The molecule has 0 bridgehead atoms. The van der Waals surface area contributed by atoms with E-state index >= 15 is 0 Å². The van der Waals surface area contributed by atoms with Gasteiger partial charge in [-0.15, -0.1) is 0 Å². The van der Waals surface area contributed by atoms with Crippen LogP contribution >= 0.6 is 11.8 Å². The van der Waals surface area contributed by atoms with Gasteiger partial charge in [-0.2, -0.15) is 11.8 Å². The Morgan fingerprint density at radius 2 is 2.11 bits per heavy atom. The van der Waals surface area contributed by atoms with Crippen LogP contribution in [0, 0.1) is 11.8 Å². The highest BCUT2D eigenvalue weighted by atomic mass is 32.2. The number of thioether (sulfide) groups is 1. The smallest absolute Gasteiger partial charge is 0.249 e. The molecular weight excluding hydrogens is 260 g/mol. The molecule has 1 saturated heterocycles. The summed E-state index contributed by atoms with van der Waals surface area (Å²) in [5.74, 6) is 1.85. The molecule has 19 heavy (non-hydrogen) atoms. The molecular formula is C14H24N2O2S. The third-order valence-electron chi connectivity index (χ3n) is 4.29. The standard InChI is InChI=1S/C14H24N2O2S/c1-9(8-19-4)7-16-10(2)12(17)15-14(3,13(16)18)11-5-6-11/h9-11H,5-8H2,1-4H3,(H,15,17). The molecule has 1 saturated carbocycles. The molecule has 1 aliphatic carbocycles. The maximum absolute atomic E-state index is 12.7. The van der Waals surface area contributed by atoms with E-state index < -0.39 is 5.54 Å². The Balaban J connectivity index is 2.14. The van der Waals surface area contributed by atoms with Crippen molar-refractivity contribution in [2.24, 2.45) is 11.8 Å². The summed E-state index contributed by atoms with van der Waals surface area (Å²) in [6.45, 7) is 6.53. The van der Waals surface area contributed by atoms with Crippen LogP contribution in [0.3, 0.4) is 0 Å². The van der Waals surface area contributed by atoms with Gasteiger partial charge in [-0.1, -0.05) is 6.92 Å². The van der Waals surface area contributed by atoms with Gasteiger partial charge >= 0.3 is 0 Å². The van der Waals surface area contributed by atoms with Crippen LogP contribution in [0.5, 0.6) is 0 Å². The van der Waals surface area contributed by atoms with Gasteiger partial charge in [0.05, 0.1) is 0 Å². The lowest BCUT2D eigenvalue weighted by Crippen LogP contribution is -2.70. The third-order valence-corrected chi connectivity index (χ3v) is 5.19. The summed E-state index contributed by atoms with van der Waals surface area (Å²) in [5, 5.41) is 2.95. The summed E-state index contributed by atoms with van der Waals surface area (Å²) in [6, 6.07) is -0.344. The highest BCUT2D eigenvalue weighted by Crippen LogP contribution is 2.42. The molecule has 0 spiro atoms. The second kappa shape index (κ2) is 5.35. The van der Waals surface area contributed by atoms with E-state index in [1.54, 1.807) is 16.7 Å². The molecule has 4 nitrogen and oxygen atoms in total. The van der Waals surface area contributed by atoms with Crippen LogP contribution in [-0.2, 0) is 9.59 Å². The van der Waals surface area contributed by atoms with Crippen LogP contribution in [0.4, 0.5) is 0 Å². The molecule has 1 N–H and O–H groups in total. The van der Waals surface area contributed by atoms with Crippen LogP contribution in [0.25, 0.3) is 0 Å². The van der Waals surface area contributed by atoms with Gasteiger partial charge in [0.15, 0.2) is 0 Å². The predicted octanol–water partition coefficient (Wildman–Crippen LogP) is 1.50. The van der Waals surface area contributed by atoms with Crippen LogP contribution in [0.2, 0.25) is 0 Å². The minimum atomic E-state index is -0.664. The van der Waals surface area contributed by atoms with E-state index in [1.165, 1.54) is 0 Å². The number of hydrogen-bond donors (Lipinski definition) is 1. The summed E-state index contributed by atoms with van der Waals surface area (Å²) in [4.78, 5) is 26.6. The van der Waals surface area contributed by atoms with E-state index in [0.29, 0.717) is 18.4 Å². The molecule has 108 valence electrons. The maximum atomic E-state index is 12.7. The Morgan fingerprint density at radius 3 is 2.63 bits per heavy atom.